The summed E-state index contributed by atoms with van der Waals surface area (Å²) in [5, 5.41) is 9.82. The topological polar surface area (TPSA) is 40.5 Å². The summed E-state index contributed by atoms with van der Waals surface area (Å²) >= 11 is 0. The van der Waals surface area contributed by atoms with Gasteiger partial charge in [0.25, 0.3) is 5.91 Å². The second-order valence-corrected chi connectivity index (χ2v) is 3.21. The van der Waals surface area contributed by atoms with Crippen LogP contribution in [0.15, 0.2) is 12.8 Å². The van der Waals surface area contributed by atoms with E-state index in [1.807, 2.05) is 6.92 Å². The minimum absolute atomic E-state index is 0.195. The van der Waals surface area contributed by atoms with Gasteiger partial charge in [-0.1, -0.05) is 19.9 Å². The van der Waals surface area contributed by atoms with Crippen LogP contribution in [0.1, 0.15) is 26.2 Å². The Kier molecular flexibility index (Phi) is 2.52. The van der Waals surface area contributed by atoms with Crippen LogP contribution in [0.25, 0.3) is 0 Å². The molecular weight excluding hydrogens is 154 g/mol. The van der Waals surface area contributed by atoms with Gasteiger partial charge in [0.1, 0.15) is 5.60 Å². The molecule has 3 heteroatoms. The highest BCUT2D eigenvalue weighted by Crippen LogP contribution is 2.27. The van der Waals surface area contributed by atoms with Crippen LogP contribution in [0.3, 0.4) is 0 Å². The van der Waals surface area contributed by atoms with Crippen LogP contribution in [0.4, 0.5) is 0 Å². The molecular formula is C9H15NO2. The standard InChI is InChI=1S/C9H15NO2/c1-3-5-9(12)6-7-10(4-2)8(9)11/h4,12H,2-3,5-7H2,1H3. The number of rotatable bonds is 3. The third-order valence-corrected chi connectivity index (χ3v) is 2.31. The smallest absolute Gasteiger partial charge is 0.258 e. The molecule has 1 amide bonds. The SMILES string of the molecule is C=CN1CCC(O)(CCC)C1=O. The molecule has 1 rings (SSSR count). The first-order chi connectivity index (χ1) is 5.64. The first-order valence-electron chi connectivity index (χ1n) is 4.30. The molecule has 0 bridgehead atoms. The number of carbonyl (C=O) groups excluding carboxylic acids is 1. The highest BCUT2D eigenvalue weighted by molar-refractivity contribution is 5.87. The van der Waals surface area contributed by atoms with E-state index in [2.05, 4.69) is 6.58 Å². The lowest BCUT2D eigenvalue weighted by molar-refractivity contribution is -0.141. The monoisotopic (exact) mass is 169 g/mol. The molecule has 0 radical (unpaired) electrons. The number of amides is 1. The Balaban J connectivity index is 2.70. The predicted molar refractivity (Wildman–Crippen MR) is 46.4 cm³/mol. The number of nitrogens with zero attached hydrogens (tertiary/aromatic N) is 1. The molecule has 1 N–H and O–H groups in total. The van der Waals surface area contributed by atoms with Crippen molar-refractivity contribution in [3.63, 3.8) is 0 Å². The van der Waals surface area contributed by atoms with E-state index in [1.165, 1.54) is 11.1 Å². The molecule has 1 atom stereocenters. The fourth-order valence-corrected chi connectivity index (χ4v) is 1.60. The van der Waals surface area contributed by atoms with Crippen molar-refractivity contribution in [2.75, 3.05) is 6.54 Å². The average molecular weight is 169 g/mol. The first kappa shape index (κ1) is 9.26. The highest BCUT2D eigenvalue weighted by atomic mass is 16.3. The highest BCUT2D eigenvalue weighted by Gasteiger charge is 2.43. The Morgan fingerprint density at radius 3 is 2.92 bits per heavy atom. The van der Waals surface area contributed by atoms with Crippen LogP contribution >= 0.6 is 0 Å². The number of likely N-dealkylation sites (tertiary alicyclic amines) is 1. The van der Waals surface area contributed by atoms with Gasteiger partial charge in [-0.25, -0.2) is 0 Å². The van der Waals surface area contributed by atoms with Gasteiger partial charge in [-0.05, 0) is 12.6 Å². The summed E-state index contributed by atoms with van der Waals surface area (Å²) in [5.74, 6) is -0.195. The first-order valence-corrected chi connectivity index (χ1v) is 4.30. The summed E-state index contributed by atoms with van der Waals surface area (Å²) in [6.07, 6.45) is 3.39. The van der Waals surface area contributed by atoms with Gasteiger partial charge in [-0.15, -0.1) is 0 Å². The van der Waals surface area contributed by atoms with Gasteiger partial charge in [0, 0.05) is 13.0 Å². The fourth-order valence-electron chi connectivity index (χ4n) is 1.60. The van der Waals surface area contributed by atoms with Gasteiger partial charge >= 0.3 is 0 Å². The Morgan fingerprint density at radius 1 is 1.83 bits per heavy atom. The number of aliphatic hydroxyl groups is 1. The molecule has 1 saturated heterocycles. The van der Waals surface area contributed by atoms with E-state index in [9.17, 15) is 9.90 Å². The van der Waals surface area contributed by atoms with Crippen LogP contribution in [0, 0.1) is 0 Å². The number of hydrogen-bond donors (Lipinski definition) is 1. The minimum atomic E-state index is -1.11. The molecule has 0 aromatic carbocycles. The summed E-state index contributed by atoms with van der Waals surface area (Å²) < 4.78 is 0. The summed E-state index contributed by atoms with van der Waals surface area (Å²) in [5.41, 5.74) is -1.11. The lowest BCUT2D eigenvalue weighted by Crippen LogP contribution is -2.37. The fraction of sp³-hybridized carbons (Fsp3) is 0.667. The van der Waals surface area contributed by atoms with E-state index in [4.69, 9.17) is 0 Å². The summed E-state index contributed by atoms with van der Waals surface area (Å²) in [7, 11) is 0. The molecule has 0 aliphatic carbocycles. The normalized spacial score (nSPS) is 29.5. The van der Waals surface area contributed by atoms with Gasteiger partial charge in [0.05, 0.1) is 0 Å². The molecule has 1 aliphatic heterocycles. The van der Waals surface area contributed by atoms with Crippen molar-refractivity contribution in [3.8, 4) is 0 Å². The lowest BCUT2D eigenvalue weighted by Gasteiger charge is -2.19. The van der Waals surface area contributed by atoms with Gasteiger partial charge in [-0.2, -0.15) is 0 Å². The molecule has 0 aromatic rings. The molecule has 1 unspecified atom stereocenters. The third kappa shape index (κ3) is 1.37. The third-order valence-electron chi connectivity index (χ3n) is 2.31. The average Bonchev–Trinajstić information content (AvgIpc) is 2.30. The summed E-state index contributed by atoms with van der Waals surface area (Å²) in [4.78, 5) is 12.9. The van der Waals surface area contributed by atoms with Crippen molar-refractivity contribution in [1.29, 1.82) is 0 Å². The van der Waals surface area contributed by atoms with Crippen molar-refractivity contribution >= 4 is 5.91 Å². The second-order valence-electron chi connectivity index (χ2n) is 3.21. The van der Waals surface area contributed by atoms with Crippen LogP contribution in [-0.4, -0.2) is 28.1 Å². The molecule has 3 nitrogen and oxygen atoms in total. The van der Waals surface area contributed by atoms with Crippen molar-refractivity contribution in [1.82, 2.24) is 4.90 Å². The number of hydrogen-bond acceptors (Lipinski definition) is 2. The zero-order chi connectivity index (χ0) is 9.19. The van der Waals surface area contributed by atoms with Crippen molar-refractivity contribution in [2.24, 2.45) is 0 Å². The van der Waals surface area contributed by atoms with Gasteiger partial charge in [-0.3, -0.25) is 4.79 Å². The quantitative estimate of drug-likeness (QED) is 0.681. The zero-order valence-electron chi connectivity index (χ0n) is 7.42. The minimum Gasteiger partial charge on any atom is -0.380 e. The Hall–Kier alpha value is -0.830. The zero-order valence-corrected chi connectivity index (χ0v) is 7.42. The van der Waals surface area contributed by atoms with Crippen LogP contribution < -0.4 is 0 Å². The second kappa shape index (κ2) is 3.27. The van der Waals surface area contributed by atoms with Gasteiger partial charge in [0.15, 0.2) is 0 Å². The Bertz CT molecular complexity index is 203. The predicted octanol–water partition coefficient (Wildman–Crippen LogP) is 0.893. The maximum atomic E-state index is 11.5. The van der Waals surface area contributed by atoms with E-state index in [-0.39, 0.29) is 5.91 Å². The molecule has 1 heterocycles. The molecule has 1 fully saturated rings. The van der Waals surface area contributed by atoms with Gasteiger partial charge in [0.2, 0.25) is 0 Å². The Labute approximate surface area is 72.7 Å². The number of carbonyl (C=O) groups is 1. The maximum absolute atomic E-state index is 11.5. The maximum Gasteiger partial charge on any atom is 0.258 e. The summed E-state index contributed by atoms with van der Waals surface area (Å²) in [6.45, 7) is 6.07. The molecule has 68 valence electrons. The van der Waals surface area contributed by atoms with Crippen molar-refractivity contribution in [2.45, 2.75) is 31.8 Å². The van der Waals surface area contributed by atoms with Crippen LogP contribution in [0.2, 0.25) is 0 Å². The van der Waals surface area contributed by atoms with Crippen LogP contribution in [0.5, 0.6) is 0 Å². The van der Waals surface area contributed by atoms with E-state index < -0.39 is 5.60 Å². The molecule has 0 aromatic heterocycles. The largest absolute Gasteiger partial charge is 0.380 e. The van der Waals surface area contributed by atoms with Crippen LogP contribution in [-0.2, 0) is 4.79 Å². The van der Waals surface area contributed by atoms with E-state index in [0.29, 0.717) is 19.4 Å². The molecule has 0 spiro atoms. The van der Waals surface area contributed by atoms with Crippen molar-refractivity contribution in [3.05, 3.63) is 12.8 Å². The summed E-state index contributed by atoms with van der Waals surface area (Å²) in [6, 6.07) is 0. The van der Waals surface area contributed by atoms with Crippen molar-refractivity contribution < 1.29 is 9.90 Å². The van der Waals surface area contributed by atoms with E-state index in [0.717, 1.165) is 6.42 Å². The van der Waals surface area contributed by atoms with E-state index in [1.54, 1.807) is 0 Å². The van der Waals surface area contributed by atoms with E-state index >= 15 is 0 Å². The van der Waals surface area contributed by atoms with Gasteiger partial charge < -0.3 is 10.0 Å². The molecule has 12 heavy (non-hydrogen) atoms. The Morgan fingerprint density at radius 2 is 2.50 bits per heavy atom. The molecule has 1 aliphatic rings. The lowest BCUT2D eigenvalue weighted by atomic mass is 9.97. The molecule has 0 saturated carbocycles.